The van der Waals surface area contributed by atoms with Crippen molar-refractivity contribution < 1.29 is 18.0 Å². The molecule has 0 spiro atoms. The lowest BCUT2D eigenvalue weighted by atomic mass is 10.1. The molecule has 3 aromatic rings. The topological polar surface area (TPSA) is 95.6 Å². The van der Waals surface area contributed by atoms with Gasteiger partial charge in [0.1, 0.15) is 6.54 Å². The van der Waals surface area contributed by atoms with Crippen LogP contribution in [0.1, 0.15) is 36.2 Å². The molecule has 0 radical (unpaired) electrons. The van der Waals surface area contributed by atoms with E-state index in [9.17, 15) is 18.0 Å². The third-order valence-corrected chi connectivity index (χ3v) is 7.84. The van der Waals surface area contributed by atoms with Crippen LogP contribution in [-0.4, -0.2) is 32.8 Å². The van der Waals surface area contributed by atoms with Gasteiger partial charge in [-0.2, -0.15) is 0 Å². The number of para-hydroxylation sites is 1. The number of amides is 2. The van der Waals surface area contributed by atoms with Crippen LogP contribution in [0.2, 0.25) is 10.0 Å². The first-order valence-electron chi connectivity index (χ1n) is 11.3. The summed E-state index contributed by atoms with van der Waals surface area (Å²) in [6.45, 7) is 5.06. The van der Waals surface area contributed by atoms with E-state index < -0.39 is 22.5 Å². The first-order chi connectivity index (χ1) is 17.0. The number of hydrogen-bond donors (Lipinski definition) is 2. The predicted octanol–water partition coefficient (Wildman–Crippen LogP) is 5.66. The monoisotopic (exact) mass is 547 g/mol. The summed E-state index contributed by atoms with van der Waals surface area (Å²) in [5.74, 6) is -1.01. The molecule has 0 saturated heterocycles. The zero-order valence-corrected chi connectivity index (χ0v) is 22.4. The number of anilines is 2. The Kier molecular flexibility index (Phi) is 9.00. The van der Waals surface area contributed by atoms with Crippen molar-refractivity contribution in [3.05, 3.63) is 87.9 Å². The van der Waals surface area contributed by atoms with Crippen molar-refractivity contribution >= 4 is 56.4 Å². The molecule has 0 aliphatic heterocycles. The summed E-state index contributed by atoms with van der Waals surface area (Å²) in [5.41, 5.74) is 1.46. The van der Waals surface area contributed by atoms with Crippen LogP contribution in [0.5, 0.6) is 0 Å². The van der Waals surface area contributed by atoms with Crippen LogP contribution in [0.25, 0.3) is 0 Å². The summed E-state index contributed by atoms with van der Waals surface area (Å²) in [7, 11) is -4.19. The Morgan fingerprint density at radius 1 is 1.00 bits per heavy atom. The van der Waals surface area contributed by atoms with E-state index in [0.29, 0.717) is 0 Å². The van der Waals surface area contributed by atoms with E-state index in [1.165, 1.54) is 30.3 Å². The molecule has 0 aliphatic rings. The van der Waals surface area contributed by atoms with Gasteiger partial charge in [0.2, 0.25) is 5.91 Å². The molecule has 36 heavy (non-hydrogen) atoms. The van der Waals surface area contributed by atoms with E-state index in [-0.39, 0.29) is 43.8 Å². The largest absolute Gasteiger partial charge is 0.350 e. The molecule has 0 unspecified atom stereocenters. The van der Waals surface area contributed by atoms with Crippen LogP contribution in [0, 0.1) is 6.92 Å². The number of aryl methyl sites for hydroxylation is 1. The van der Waals surface area contributed by atoms with Crippen LogP contribution in [0.3, 0.4) is 0 Å². The van der Waals surface area contributed by atoms with Crippen LogP contribution in [-0.2, 0) is 14.8 Å². The number of nitrogens with one attached hydrogen (secondary N) is 2. The predicted molar refractivity (Wildman–Crippen MR) is 144 cm³/mol. The molecule has 0 fully saturated rings. The maximum atomic E-state index is 13.6. The van der Waals surface area contributed by atoms with Gasteiger partial charge in [-0.1, -0.05) is 60.0 Å². The number of nitrogens with zero attached hydrogens (tertiary/aromatic N) is 1. The van der Waals surface area contributed by atoms with Crippen molar-refractivity contribution in [2.75, 3.05) is 16.2 Å². The minimum Gasteiger partial charge on any atom is -0.350 e. The normalized spacial score (nSPS) is 12.0. The Morgan fingerprint density at radius 3 is 2.33 bits per heavy atom. The molecule has 0 aliphatic carbocycles. The molecule has 2 N–H and O–H groups in total. The molecule has 3 rings (SSSR count). The van der Waals surface area contributed by atoms with Crippen LogP contribution in [0.15, 0.2) is 71.6 Å². The standard InChI is InChI=1S/C26H27Cl2N3O4S/c1-4-18(3)29-26(33)21-7-5-6-8-23(21)30-25(32)16-31(24-15-19(27)11-14-22(24)28)36(34,35)20-12-9-17(2)10-13-20/h5-15,18H,4,16H2,1-3H3,(H,29,33)(H,30,32)/t18-/m1/s1. The van der Waals surface area contributed by atoms with Crippen LogP contribution in [0.4, 0.5) is 11.4 Å². The zero-order valence-electron chi connectivity index (χ0n) is 20.1. The Balaban J connectivity index is 1.96. The summed E-state index contributed by atoms with van der Waals surface area (Å²) in [4.78, 5) is 25.9. The van der Waals surface area contributed by atoms with Crippen molar-refractivity contribution in [2.24, 2.45) is 0 Å². The fourth-order valence-corrected chi connectivity index (χ4v) is 5.20. The number of hydrogen-bond acceptors (Lipinski definition) is 4. The number of carbonyl (C=O) groups is 2. The fourth-order valence-electron chi connectivity index (χ4n) is 3.33. The Morgan fingerprint density at radius 2 is 1.67 bits per heavy atom. The molecule has 190 valence electrons. The van der Waals surface area contributed by atoms with Crippen molar-refractivity contribution in [1.29, 1.82) is 0 Å². The Bertz CT molecular complexity index is 1360. The lowest BCUT2D eigenvalue weighted by molar-refractivity contribution is -0.114. The minimum absolute atomic E-state index is 0.00901. The lowest BCUT2D eigenvalue weighted by Gasteiger charge is -2.25. The average molecular weight is 548 g/mol. The van der Waals surface area contributed by atoms with Gasteiger partial charge in [-0.05, 0) is 62.7 Å². The van der Waals surface area contributed by atoms with Crippen LogP contribution < -0.4 is 14.9 Å². The third kappa shape index (κ3) is 6.57. The van der Waals surface area contributed by atoms with E-state index in [0.717, 1.165) is 16.3 Å². The fraction of sp³-hybridized carbons (Fsp3) is 0.231. The molecular weight excluding hydrogens is 521 g/mol. The summed E-state index contributed by atoms with van der Waals surface area (Å²) in [5, 5.41) is 5.89. The molecule has 0 bridgehead atoms. The van der Waals surface area contributed by atoms with Crippen molar-refractivity contribution in [3.8, 4) is 0 Å². The van der Waals surface area contributed by atoms with Crippen molar-refractivity contribution in [2.45, 2.75) is 38.1 Å². The Labute approximate surface area is 221 Å². The maximum Gasteiger partial charge on any atom is 0.264 e. The molecular formula is C26H27Cl2N3O4S. The Hall–Kier alpha value is -3.07. The number of rotatable bonds is 9. The summed E-state index contributed by atoms with van der Waals surface area (Å²) in [6, 6.07) is 17.1. The average Bonchev–Trinajstić information content (AvgIpc) is 2.84. The molecule has 3 aromatic carbocycles. The van der Waals surface area contributed by atoms with E-state index in [1.54, 1.807) is 36.4 Å². The molecule has 2 amide bonds. The number of halogens is 2. The van der Waals surface area contributed by atoms with Gasteiger partial charge in [0.25, 0.3) is 15.9 Å². The zero-order chi connectivity index (χ0) is 26.5. The first-order valence-corrected chi connectivity index (χ1v) is 13.5. The van der Waals surface area contributed by atoms with Crippen molar-refractivity contribution in [1.82, 2.24) is 5.32 Å². The van der Waals surface area contributed by atoms with Crippen molar-refractivity contribution in [3.63, 3.8) is 0 Å². The highest BCUT2D eigenvalue weighted by Crippen LogP contribution is 2.33. The summed E-state index contributed by atoms with van der Waals surface area (Å²) in [6.07, 6.45) is 0.743. The van der Waals surface area contributed by atoms with E-state index in [2.05, 4.69) is 10.6 Å². The smallest absolute Gasteiger partial charge is 0.264 e. The van der Waals surface area contributed by atoms with Gasteiger partial charge < -0.3 is 10.6 Å². The second-order valence-electron chi connectivity index (χ2n) is 8.30. The highest BCUT2D eigenvalue weighted by molar-refractivity contribution is 7.92. The molecule has 7 nitrogen and oxygen atoms in total. The van der Waals surface area contributed by atoms with Gasteiger partial charge in [0.05, 0.1) is 26.9 Å². The number of carbonyl (C=O) groups excluding carboxylic acids is 2. The SMILES string of the molecule is CC[C@@H](C)NC(=O)c1ccccc1NC(=O)CN(c1cc(Cl)ccc1Cl)S(=O)(=O)c1ccc(C)cc1. The van der Waals surface area contributed by atoms with Gasteiger partial charge in [-0.25, -0.2) is 8.42 Å². The highest BCUT2D eigenvalue weighted by Gasteiger charge is 2.29. The highest BCUT2D eigenvalue weighted by atomic mass is 35.5. The van der Waals surface area contributed by atoms with Crippen LogP contribution >= 0.6 is 23.2 Å². The van der Waals surface area contributed by atoms with Gasteiger partial charge in [-0.3, -0.25) is 13.9 Å². The van der Waals surface area contributed by atoms with E-state index >= 15 is 0 Å². The van der Waals surface area contributed by atoms with Gasteiger partial charge >= 0.3 is 0 Å². The molecule has 0 aromatic heterocycles. The second-order valence-corrected chi connectivity index (χ2v) is 11.0. The first kappa shape index (κ1) is 27.5. The third-order valence-electron chi connectivity index (χ3n) is 5.51. The number of sulfonamides is 1. The van der Waals surface area contributed by atoms with E-state index in [1.807, 2.05) is 20.8 Å². The summed E-state index contributed by atoms with van der Waals surface area (Å²) < 4.78 is 28.1. The molecule has 1 atom stereocenters. The summed E-state index contributed by atoms with van der Waals surface area (Å²) >= 11 is 12.5. The molecule has 10 heteroatoms. The second kappa shape index (κ2) is 11.8. The van der Waals surface area contributed by atoms with Gasteiger partial charge in [0.15, 0.2) is 0 Å². The van der Waals surface area contributed by atoms with E-state index in [4.69, 9.17) is 23.2 Å². The molecule has 0 saturated carbocycles. The quantitative estimate of drug-likeness (QED) is 0.361. The minimum atomic E-state index is -4.19. The molecule has 0 heterocycles. The van der Waals surface area contributed by atoms with Gasteiger partial charge in [-0.15, -0.1) is 0 Å². The van der Waals surface area contributed by atoms with Gasteiger partial charge in [0, 0.05) is 11.1 Å². The maximum absolute atomic E-state index is 13.6. The number of benzene rings is 3. The lowest BCUT2D eigenvalue weighted by Crippen LogP contribution is -2.39.